The monoisotopic (exact) mass is 334 g/mol. The number of benzene rings is 2. The van der Waals surface area contributed by atoms with Gasteiger partial charge in [0.1, 0.15) is 0 Å². The fraction of sp³-hybridized carbons (Fsp3) is 0.0714. The predicted octanol–water partition coefficient (Wildman–Crippen LogP) is 3.88. The third-order valence-corrected chi connectivity index (χ3v) is 2.80. The van der Waals surface area contributed by atoms with Crippen LogP contribution in [0.3, 0.4) is 0 Å². The van der Waals surface area contributed by atoms with Crippen LogP contribution in [-0.2, 0) is 6.18 Å². The molecule has 2 N–H and O–H groups in total. The minimum Gasteiger partial charge on any atom is -0.295 e. The highest BCUT2D eigenvalue weighted by Crippen LogP contribution is 2.29. The molecule has 0 saturated heterocycles. The van der Waals surface area contributed by atoms with Crippen molar-refractivity contribution in [1.29, 1.82) is 0 Å². The number of hydrogen-bond donors (Lipinski definition) is 2. The number of rotatable bonds is 3. The standard InChI is InChI=1S/C14H8F6N2O/c15-9-4-5-10(12(17)11(9)16)21-22-13(23)7-2-1-3-8(6-7)14(18,19)20/h1-6,21H,(H,22,23). The van der Waals surface area contributed by atoms with E-state index in [0.717, 1.165) is 24.3 Å². The summed E-state index contributed by atoms with van der Waals surface area (Å²) < 4.78 is 76.7. The molecule has 122 valence electrons. The molecular weight excluding hydrogens is 326 g/mol. The summed E-state index contributed by atoms with van der Waals surface area (Å²) >= 11 is 0. The number of hydrazine groups is 1. The SMILES string of the molecule is O=C(NNc1ccc(F)c(F)c1F)c1cccc(C(F)(F)F)c1. The van der Waals surface area contributed by atoms with E-state index < -0.39 is 40.8 Å². The molecule has 0 bridgehead atoms. The third-order valence-electron chi connectivity index (χ3n) is 2.80. The number of anilines is 1. The Bertz CT molecular complexity index is 745. The van der Waals surface area contributed by atoms with Crippen LogP contribution in [0, 0.1) is 17.5 Å². The lowest BCUT2D eigenvalue weighted by Crippen LogP contribution is -2.30. The van der Waals surface area contributed by atoms with Crippen molar-refractivity contribution in [2.75, 3.05) is 5.43 Å². The Hall–Kier alpha value is -2.71. The molecule has 3 nitrogen and oxygen atoms in total. The molecule has 0 spiro atoms. The van der Waals surface area contributed by atoms with Crippen molar-refractivity contribution < 1.29 is 31.1 Å². The van der Waals surface area contributed by atoms with Gasteiger partial charge < -0.3 is 0 Å². The Balaban J connectivity index is 2.13. The molecule has 0 aromatic heterocycles. The summed E-state index contributed by atoms with van der Waals surface area (Å²) in [5.74, 6) is -5.75. The van der Waals surface area contributed by atoms with Gasteiger partial charge >= 0.3 is 6.18 Å². The van der Waals surface area contributed by atoms with Crippen LogP contribution in [-0.4, -0.2) is 5.91 Å². The van der Waals surface area contributed by atoms with Crippen LogP contribution in [0.25, 0.3) is 0 Å². The molecular formula is C14H8F6N2O. The van der Waals surface area contributed by atoms with Crippen LogP contribution in [0.4, 0.5) is 32.0 Å². The summed E-state index contributed by atoms with van der Waals surface area (Å²) in [5, 5.41) is 0. The Morgan fingerprint density at radius 2 is 1.65 bits per heavy atom. The molecule has 0 aliphatic carbocycles. The molecule has 0 atom stereocenters. The number of nitrogens with one attached hydrogen (secondary N) is 2. The average Bonchev–Trinajstić information content (AvgIpc) is 2.51. The quantitative estimate of drug-likeness (QED) is 0.508. The molecule has 2 aromatic rings. The van der Waals surface area contributed by atoms with Crippen molar-refractivity contribution in [3.05, 3.63) is 65.0 Å². The predicted molar refractivity (Wildman–Crippen MR) is 68.8 cm³/mol. The van der Waals surface area contributed by atoms with Gasteiger partial charge in [-0.05, 0) is 30.3 Å². The Labute approximate surface area is 125 Å². The van der Waals surface area contributed by atoms with Crippen LogP contribution in [0.1, 0.15) is 15.9 Å². The van der Waals surface area contributed by atoms with E-state index in [-0.39, 0.29) is 5.56 Å². The van der Waals surface area contributed by atoms with E-state index in [1.165, 1.54) is 0 Å². The minimum atomic E-state index is -4.63. The number of alkyl halides is 3. The number of amides is 1. The van der Waals surface area contributed by atoms with Gasteiger partial charge in [-0.15, -0.1) is 0 Å². The molecule has 2 rings (SSSR count). The van der Waals surface area contributed by atoms with Crippen LogP contribution in [0.5, 0.6) is 0 Å². The molecule has 9 heteroatoms. The van der Waals surface area contributed by atoms with Crippen molar-refractivity contribution in [2.45, 2.75) is 6.18 Å². The molecule has 0 aliphatic heterocycles. The van der Waals surface area contributed by atoms with Gasteiger partial charge in [0.2, 0.25) is 0 Å². The maximum Gasteiger partial charge on any atom is 0.416 e. The summed E-state index contributed by atoms with van der Waals surface area (Å²) in [4.78, 5) is 11.7. The fourth-order valence-corrected chi connectivity index (χ4v) is 1.66. The van der Waals surface area contributed by atoms with Crippen LogP contribution in [0.15, 0.2) is 36.4 Å². The van der Waals surface area contributed by atoms with Crippen molar-refractivity contribution in [3.63, 3.8) is 0 Å². The second-order valence-corrected chi connectivity index (χ2v) is 4.38. The average molecular weight is 334 g/mol. The van der Waals surface area contributed by atoms with Crippen molar-refractivity contribution >= 4 is 11.6 Å². The highest BCUT2D eigenvalue weighted by molar-refractivity contribution is 5.95. The van der Waals surface area contributed by atoms with E-state index in [9.17, 15) is 31.1 Å². The highest BCUT2D eigenvalue weighted by Gasteiger charge is 2.30. The number of carbonyl (C=O) groups excluding carboxylic acids is 1. The van der Waals surface area contributed by atoms with E-state index in [0.29, 0.717) is 12.1 Å². The summed E-state index contributed by atoms with van der Waals surface area (Å²) in [6, 6.07) is 4.94. The first-order valence-electron chi connectivity index (χ1n) is 6.07. The molecule has 0 fully saturated rings. The summed E-state index contributed by atoms with van der Waals surface area (Å²) in [6.07, 6.45) is -4.63. The molecule has 0 unspecified atom stereocenters. The van der Waals surface area contributed by atoms with Gasteiger partial charge in [0.25, 0.3) is 5.91 Å². The maximum absolute atomic E-state index is 13.4. The lowest BCUT2D eigenvalue weighted by molar-refractivity contribution is -0.137. The van der Waals surface area contributed by atoms with Gasteiger partial charge in [-0.2, -0.15) is 13.2 Å². The zero-order valence-corrected chi connectivity index (χ0v) is 11.1. The summed E-state index contributed by atoms with van der Waals surface area (Å²) in [6.45, 7) is 0. The lowest BCUT2D eigenvalue weighted by Gasteiger charge is -2.11. The topological polar surface area (TPSA) is 41.1 Å². The normalized spacial score (nSPS) is 11.2. The fourth-order valence-electron chi connectivity index (χ4n) is 1.66. The molecule has 0 aliphatic rings. The van der Waals surface area contributed by atoms with Gasteiger partial charge in [-0.25, -0.2) is 13.2 Å². The van der Waals surface area contributed by atoms with Crippen LogP contribution < -0.4 is 10.9 Å². The third kappa shape index (κ3) is 3.74. The largest absolute Gasteiger partial charge is 0.416 e. The first kappa shape index (κ1) is 16.7. The lowest BCUT2D eigenvalue weighted by atomic mass is 10.1. The first-order valence-corrected chi connectivity index (χ1v) is 6.07. The Kier molecular flexibility index (Phi) is 4.48. The zero-order valence-electron chi connectivity index (χ0n) is 11.1. The van der Waals surface area contributed by atoms with E-state index in [4.69, 9.17) is 0 Å². The van der Waals surface area contributed by atoms with Gasteiger partial charge in [0.05, 0.1) is 11.3 Å². The van der Waals surface area contributed by atoms with Crippen molar-refractivity contribution in [1.82, 2.24) is 5.43 Å². The summed E-state index contributed by atoms with van der Waals surface area (Å²) in [5.41, 5.74) is 1.90. The second-order valence-electron chi connectivity index (χ2n) is 4.38. The van der Waals surface area contributed by atoms with Gasteiger partial charge in [0, 0.05) is 5.56 Å². The second kappa shape index (κ2) is 6.19. The number of hydrogen-bond acceptors (Lipinski definition) is 2. The van der Waals surface area contributed by atoms with E-state index in [2.05, 4.69) is 0 Å². The molecule has 0 saturated carbocycles. The minimum absolute atomic E-state index is 0.352. The van der Waals surface area contributed by atoms with Crippen molar-refractivity contribution in [2.24, 2.45) is 0 Å². The Morgan fingerprint density at radius 1 is 0.957 bits per heavy atom. The van der Waals surface area contributed by atoms with Gasteiger partial charge in [0.15, 0.2) is 17.5 Å². The summed E-state index contributed by atoms with van der Waals surface area (Å²) in [7, 11) is 0. The number of carbonyl (C=O) groups is 1. The molecule has 2 aromatic carbocycles. The van der Waals surface area contributed by atoms with Gasteiger partial charge in [-0.1, -0.05) is 6.07 Å². The van der Waals surface area contributed by atoms with E-state index >= 15 is 0 Å². The van der Waals surface area contributed by atoms with E-state index in [1.807, 2.05) is 10.9 Å². The molecule has 0 heterocycles. The van der Waals surface area contributed by atoms with E-state index in [1.54, 1.807) is 0 Å². The number of halogens is 6. The smallest absolute Gasteiger partial charge is 0.295 e. The molecule has 0 radical (unpaired) electrons. The van der Waals surface area contributed by atoms with Crippen LogP contribution >= 0.6 is 0 Å². The zero-order chi connectivity index (χ0) is 17.2. The first-order chi connectivity index (χ1) is 10.7. The van der Waals surface area contributed by atoms with Crippen molar-refractivity contribution in [3.8, 4) is 0 Å². The highest BCUT2D eigenvalue weighted by atomic mass is 19.4. The molecule has 1 amide bonds. The molecule has 23 heavy (non-hydrogen) atoms. The maximum atomic E-state index is 13.4. The van der Waals surface area contributed by atoms with Crippen LogP contribution in [0.2, 0.25) is 0 Å². The van der Waals surface area contributed by atoms with Gasteiger partial charge in [-0.3, -0.25) is 15.6 Å². The Morgan fingerprint density at radius 3 is 2.30 bits per heavy atom.